The molecule has 0 radical (unpaired) electrons. The molecule has 1 N–H and O–H groups in total. The second-order valence-corrected chi connectivity index (χ2v) is 9.61. The van der Waals surface area contributed by atoms with E-state index in [1.165, 1.54) is 6.92 Å². The van der Waals surface area contributed by atoms with Gasteiger partial charge in [0.2, 0.25) is 0 Å². The number of alkyl halides is 6. The number of halogens is 6. The highest BCUT2D eigenvalue weighted by atomic mass is 32.2. The van der Waals surface area contributed by atoms with Crippen LogP contribution in [0.2, 0.25) is 0 Å². The van der Waals surface area contributed by atoms with Gasteiger partial charge in [0.05, 0.1) is 11.6 Å². The molecule has 0 fully saturated rings. The highest BCUT2D eigenvalue weighted by molar-refractivity contribution is 7.88. The number of aldehydes is 1. The normalized spacial score (nSPS) is 13.5. The lowest BCUT2D eigenvalue weighted by atomic mass is 10.0. The van der Waals surface area contributed by atoms with Gasteiger partial charge in [0, 0.05) is 11.1 Å². The summed E-state index contributed by atoms with van der Waals surface area (Å²) in [5, 5.41) is 11.9. The van der Waals surface area contributed by atoms with Crippen LogP contribution in [0.15, 0.2) is 36.4 Å². The Labute approximate surface area is 218 Å². The first kappa shape index (κ1) is 31.2. The molecule has 1 atom stereocenters. The van der Waals surface area contributed by atoms with Crippen molar-refractivity contribution in [1.82, 2.24) is 5.32 Å². The lowest BCUT2D eigenvalue weighted by molar-refractivity contribution is -0.274. The number of amides is 1. The van der Waals surface area contributed by atoms with Crippen molar-refractivity contribution in [3.05, 3.63) is 53.1 Å². The Hall–Kier alpha value is -4.00. The zero-order valence-electron chi connectivity index (χ0n) is 20.1. The monoisotopic (exact) mass is 582 g/mol. The molecule has 2 rings (SSSR count). The Balaban J connectivity index is 2.31. The van der Waals surface area contributed by atoms with Gasteiger partial charge in [-0.25, -0.2) is 0 Å². The molecule has 212 valence electrons. The fourth-order valence-corrected chi connectivity index (χ4v) is 3.56. The molecule has 0 aromatic heterocycles. The van der Waals surface area contributed by atoms with Gasteiger partial charge in [-0.1, -0.05) is 13.3 Å². The third-order valence-electron chi connectivity index (χ3n) is 4.85. The Morgan fingerprint density at radius 1 is 1.08 bits per heavy atom. The van der Waals surface area contributed by atoms with E-state index in [0.29, 0.717) is 0 Å². The smallest absolute Gasteiger partial charge is 0.490 e. The molecule has 39 heavy (non-hydrogen) atoms. The molecule has 0 aliphatic rings. The van der Waals surface area contributed by atoms with E-state index >= 15 is 0 Å². The number of ether oxygens (including phenoxy) is 2. The number of nitrogens with zero attached hydrogens (tertiary/aromatic N) is 1. The summed E-state index contributed by atoms with van der Waals surface area (Å²) in [4.78, 5) is 24.0. The second kappa shape index (κ2) is 11.8. The van der Waals surface area contributed by atoms with Crippen molar-refractivity contribution in [3.63, 3.8) is 0 Å². The number of carbonyl (C=O) groups is 2. The number of hydrogen-bond acceptors (Lipinski definition) is 8. The summed E-state index contributed by atoms with van der Waals surface area (Å²) >= 11 is 0. The van der Waals surface area contributed by atoms with Crippen LogP contribution in [0.1, 0.15) is 46.5 Å². The van der Waals surface area contributed by atoms with Crippen molar-refractivity contribution in [2.75, 3.05) is 6.61 Å². The highest BCUT2D eigenvalue weighted by Gasteiger charge is 2.49. The molecule has 2 aromatic rings. The van der Waals surface area contributed by atoms with Gasteiger partial charge >= 0.3 is 22.0 Å². The van der Waals surface area contributed by atoms with Crippen LogP contribution in [0.5, 0.6) is 17.2 Å². The predicted octanol–water partition coefficient (Wildman–Crippen LogP) is 4.67. The molecule has 9 nitrogen and oxygen atoms in total. The van der Waals surface area contributed by atoms with Gasteiger partial charge in [-0.3, -0.25) is 9.59 Å². The molecule has 2 aromatic carbocycles. The van der Waals surface area contributed by atoms with Gasteiger partial charge in [-0.05, 0) is 49.7 Å². The topological polar surface area (TPSA) is 132 Å². The van der Waals surface area contributed by atoms with Gasteiger partial charge < -0.3 is 19.0 Å². The molecule has 0 saturated heterocycles. The zero-order valence-corrected chi connectivity index (χ0v) is 21.0. The summed E-state index contributed by atoms with van der Waals surface area (Å²) in [6.45, 7) is 2.20. The van der Waals surface area contributed by atoms with Gasteiger partial charge in [0.25, 0.3) is 5.91 Å². The third kappa shape index (κ3) is 8.24. The van der Waals surface area contributed by atoms with Gasteiger partial charge in [-0.2, -0.15) is 26.9 Å². The van der Waals surface area contributed by atoms with Crippen molar-refractivity contribution in [2.24, 2.45) is 0 Å². The number of rotatable bonds is 11. The van der Waals surface area contributed by atoms with Crippen LogP contribution in [0.3, 0.4) is 0 Å². The van der Waals surface area contributed by atoms with Crippen LogP contribution >= 0.6 is 0 Å². The number of nitrogens with one attached hydrogen (secondary N) is 1. The Bertz CT molecular complexity index is 1350. The minimum absolute atomic E-state index is 0.0921. The van der Waals surface area contributed by atoms with Crippen molar-refractivity contribution in [1.29, 1.82) is 5.26 Å². The molecular weight excluding hydrogens is 562 g/mol. The van der Waals surface area contributed by atoms with Crippen LogP contribution in [-0.2, 0) is 16.5 Å². The van der Waals surface area contributed by atoms with E-state index in [9.17, 15) is 49.6 Å². The van der Waals surface area contributed by atoms with E-state index in [-0.39, 0.29) is 36.0 Å². The maximum Gasteiger partial charge on any atom is 0.573 e. The van der Waals surface area contributed by atoms with Gasteiger partial charge in [0.1, 0.15) is 18.1 Å². The molecule has 16 heteroatoms. The summed E-state index contributed by atoms with van der Waals surface area (Å²) in [6, 6.07) is 7.67. The molecule has 0 saturated carbocycles. The Morgan fingerprint density at radius 3 is 2.18 bits per heavy atom. The lowest BCUT2D eigenvalue weighted by Crippen LogP contribution is -2.49. The van der Waals surface area contributed by atoms with Crippen molar-refractivity contribution < 1.29 is 58.0 Å². The average Bonchev–Trinajstić information content (AvgIpc) is 2.82. The molecule has 0 spiro atoms. The maximum absolute atomic E-state index is 12.9. The largest absolute Gasteiger partial charge is 0.573 e. The minimum atomic E-state index is -6.14. The average molecular weight is 582 g/mol. The number of carbonyl (C=O) groups excluding carboxylic acids is 2. The summed E-state index contributed by atoms with van der Waals surface area (Å²) in [5.74, 6) is -2.59. The molecule has 1 amide bonds. The summed E-state index contributed by atoms with van der Waals surface area (Å²) < 4.78 is 112. The summed E-state index contributed by atoms with van der Waals surface area (Å²) in [6.07, 6.45) is -4.69. The lowest BCUT2D eigenvalue weighted by Gasteiger charge is -2.25. The molecule has 0 heterocycles. The molecule has 0 aliphatic carbocycles. The number of nitriles is 1. The fraction of sp³-hybridized carbons (Fsp3) is 0.348. The van der Waals surface area contributed by atoms with E-state index < -0.39 is 57.1 Å². The summed E-state index contributed by atoms with van der Waals surface area (Å²) in [5.41, 5.74) is -8.42. The maximum atomic E-state index is 12.9. The predicted molar refractivity (Wildman–Crippen MR) is 122 cm³/mol. The van der Waals surface area contributed by atoms with Crippen molar-refractivity contribution >= 4 is 22.3 Å². The first-order chi connectivity index (χ1) is 17.9. The molecule has 0 bridgehead atoms. The van der Waals surface area contributed by atoms with Crippen molar-refractivity contribution in [3.8, 4) is 23.3 Å². The SMILES string of the molecule is CCCc1c(OC[C@@](C)(C#N)NC(=O)c2ccc(OC(F)(F)F)cc2)ccc(C=O)c1OS(=O)(=O)C(F)(F)F. The highest BCUT2D eigenvalue weighted by Crippen LogP contribution is 2.37. The quantitative estimate of drug-likeness (QED) is 0.175. The molecule has 0 aliphatic heterocycles. The van der Waals surface area contributed by atoms with E-state index in [2.05, 4.69) is 14.2 Å². The standard InChI is InChI=1S/C23H20F6N2O7S/c1-3-4-17-18(10-7-15(11-32)19(17)38-39(34,35)23(27,28)29)36-13-21(2,12-30)31-20(33)14-5-8-16(9-6-14)37-22(24,25)26/h5-11H,3-4,13H2,1-2H3,(H,31,33)/t21-/m1/s1. The van der Waals surface area contributed by atoms with Crippen molar-refractivity contribution in [2.45, 2.75) is 44.1 Å². The van der Waals surface area contributed by atoms with E-state index in [1.54, 1.807) is 13.0 Å². The van der Waals surface area contributed by atoms with Crippen LogP contribution in [0, 0.1) is 11.3 Å². The first-order valence-electron chi connectivity index (χ1n) is 10.8. The first-order valence-corrected chi connectivity index (χ1v) is 12.2. The van der Waals surface area contributed by atoms with E-state index in [1.807, 2.05) is 0 Å². The number of hydrogen-bond donors (Lipinski definition) is 1. The molecular formula is C23H20F6N2O7S. The van der Waals surface area contributed by atoms with Gasteiger partial charge in [-0.15, -0.1) is 13.2 Å². The number of benzene rings is 2. The zero-order chi connectivity index (χ0) is 29.6. The Morgan fingerprint density at radius 2 is 1.69 bits per heavy atom. The Kier molecular flexibility index (Phi) is 9.45. The van der Waals surface area contributed by atoms with Gasteiger partial charge in [0.15, 0.2) is 17.6 Å². The van der Waals surface area contributed by atoms with Crippen LogP contribution < -0.4 is 19.0 Å². The summed E-state index contributed by atoms with van der Waals surface area (Å²) in [7, 11) is -6.14. The minimum Gasteiger partial charge on any atom is -0.490 e. The van der Waals surface area contributed by atoms with Crippen LogP contribution in [-0.4, -0.2) is 44.6 Å². The third-order valence-corrected chi connectivity index (χ3v) is 5.81. The van der Waals surface area contributed by atoms with Crippen LogP contribution in [0.25, 0.3) is 0 Å². The van der Waals surface area contributed by atoms with E-state index in [0.717, 1.165) is 36.4 Å². The second-order valence-electron chi connectivity index (χ2n) is 8.07. The van der Waals surface area contributed by atoms with E-state index in [4.69, 9.17) is 4.74 Å². The molecule has 0 unspecified atom stereocenters. The fourth-order valence-electron chi connectivity index (χ4n) is 3.05. The van der Waals surface area contributed by atoms with Crippen LogP contribution in [0.4, 0.5) is 26.3 Å².